The minimum Gasteiger partial charge on any atom is -0.376 e. The van der Waals surface area contributed by atoms with E-state index < -0.39 is 50.7 Å². The van der Waals surface area contributed by atoms with Crippen molar-refractivity contribution in [3.8, 4) is 0 Å². The normalized spacial score (nSPS) is 12.4. The van der Waals surface area contributed by atoms with Crippen LogP contribution >= 0.6 is 0 Å². The van der Waals surface area contributed by atoms with Crippen molar-refractivity contribution < 1.29 is 31.5 Å². The summed E-state index contributed by atoms with van der Waals surface area (Å²) in [4.78, 5) is 16.7. The van der Waals surface area contributed by atoms with Crippen molar-refractivity contribution in [3.63, 3.8) is 0 Å². The van der Waals surface area contributed by atoms with E-state index in [9.17, 15) is 26.4 Å². The average Bonchev–Trinajstić information content (AvgIpc) is 2.76. The largest absolute Gasteiger partial charge is 0.376 e. The van der Waals surface area contributed by atoms with Crippen LogP contribution in [0.25, 0.3) is 0 Å². The Morgan fingerprint density at radius 3 is 2.26 bits per heavy atom. The molecule has 0 saturated heterocycles. The zero-order valence-electron chi connectivity index (χ0n) is 16.2. The molecular weight excluding hydrogens is 433 g/mol. The van der Waals surface area contributed by atoms with Crippen molar-refractivity contribution in [2.45, 2.75) is 10.1 Å². The molecule has 0 radical (unpaired) electrons. The van der Waals surface area contributed by atoms with Crippen LogP contribution in [0.15, 0.2) is 65.7 Å². The first-order valence-corrected chi connectivity index (χ1v) is 10.5. The number of carbonyl (C=O) groups is 1. The maximum atomic E-state index is 14.6. The predicted octanol–water partition coefficient (Wildman–Crippen LogP) is 3.08. The molecule has 0 spiro atoms. The van der Waals surface area contributed by atoms with Gasteiger partial charge in [0.05, 0.1) is 4.90 Å². The molecule has 3 rings (SSSR count). The smallest absolute Gasteiger partial charge is 0.273 e. The lowest BCUT2D eigenvalue weighted by Gasteiger charge is -2.20. The highest BCUT2D eigenvalue weighted by Crippen LogP contribution is 2.36. The van der Waals surface area contributed by atoms with E-state index in [1.54, 1.807) is 0 Å². The molecule has 0 aliphatic rings. The Bertz CT molecular complexity index is 1200. The number of aromatic nitrogens is 1. The van der Waals surface area contributed by atoms with Gasteiger partial charge in [0.25, 0.3) is 5.91 Å². The molecule has 1 heterocycles. The Balaban J connectivity index is 2.16. The predicted molar refractivity (Wildman–Crippen MR) is 105 cm³/mol. The summed E-state index contributed by atoms with van der Waals surface area (Å²) in [5.41, 5.74) is -0.576. The van der Waals surface area contributed by atoms with Gasteiger partial charge < -0.3 is 10.0 Å². The molecule has 162 valence electrons. The monoisotopic (exact) mass is 450 g/mol. The molecule has 1 atom stereocenters. The molecule has 1 N–H and O–H groups in total. The van der Waals surface area contributed by atoms with Gasteiger partial charge in [-0.1, -0.05) is 6.07 Å². The number of hydrogen-bond acceptors (Lipinski definition) is 5. The van der Waals surface area contributed by atoms with Gasteiger partial charge in [-0.3, -0.25) is 9.78 Å². The summed E-state index contributed by atoms with van der Waals surface area (Å²) in [5, 5.41) is 7.35. The van der Waals surface area contributed by atoms with E-state index in [1.807, 2.05) is 0 Å². The first-order valence-electron chi connectivity index (χ1n) is 8.92. The fourth-order valence-corrected chi connectivity index (χ4v) is 4.75. The third-order valence-electron chi connectivity index (χ3n) is 4.56. The number of hydrogen-bond donors (Lipinski definition) is 1. The number of sulfone groups is 1. The van der Waals surface area contributed by atoms with Crippen molar-refractivity contribution in [1.29, 1.82) is 0 Å². The summed E-state index contributed by atoms with van der Waals surface area (Å²) in [6, 6.07) is 8.82. The van der Waals surface area contributed by atoms with E-state index in [0.717, 1.165) is 53.6 Å². The minimum atomic E-state index is -4.37. The summed E-state index contributed by atoms with van der Waals surface area (Å²) >= 11 is 0. The number of aliphatic hydroxyl groups excluding tert-OH is 1. The van der Waals surface area contributed by atoms with Gasteiger partial charge in [0.15, 0.2) is 9.84 Å². The average molecular weight is 450 g/mol. The second-order valence-corrected chi connectivity index (χ2v) is 8.70. The third-order valence-corrected chi connectivity index (χ3v) is 6.64. The number of carbonyl (C=O) groups excluding carboxylic acids is 1. The molecule has 31 heavy (non-hydrogen) atoms. The van der Waals surface area contributed by atoms with Crippen LogP contribution < -0.4 is 0 Å². The van der Waals surface area contributed by atoms with E-state index in [4.69, 9.17) is 5.11 Å². The fourth-order valence-electron chi connectivity index (χ4n) is 2.95. The Labute approximate surface area is 176 Å². The van der Waals surface area contributed by atoms with Gasteiger partial charge >= 0.3 is 0 Å². The second-order valence-electron chi connectivity index (χ2n) is 6.67. The summed E-state index contributed by atoms with van der Waals surface area (Å²) in [6.45, 7) is -0.557. The zero-order chi connectivity index (χ0) is 22.8. The number of amides is 1. The fraction of sp³-hybridized carbons (Fsp3) is 0.143. The van der Waals surface area contributed by atoms with E-state index in [0.29, 0.717) is 0 Å². The van der Waals surface area contributed by atoms with Gasteiger partial charge in [-0.15, -0.1) is 0 Å². The summed E-state index contributed by atoms with van der Waals surface area (Å²) in [5.74, 6) is -3.09. The highest BCUT2D eigenvalue weighted by molar-refractivity contribution is 7.91. The van der Waals surface area contributed by atoms with Gasteiger partial charge in [-0.05, 0) is 54.1 Å². The minimum absolute atomic E-state index is 0.0305. The molecule has 1 amide bonds. The Kier molecular flexibility index (Phi) is 6.42. The van der Waals surface area contributed by atoms with Gasteiger partial charge in [-0.2, -0.15) is 0 Å². The number of pyridine rings is 1. The lowest BCUT2D eigenvalue weighted by molar-refractivity contribution is 0.0624. The van der Waals surface area contributed by atoms with Gasteiger partial charge in [0.1, 0.15) is 35.1 Å². The lowest BCUT2D eigenvalue weighted by atomic mass is 10.0. The first-order chi connectivity index (χ1) is 14.6. The molecule has 0 aliphatic carbocycles. The molecule has 1 unspecified atom stereocenters. The Morgan fingerprint density at radius 2 is 1.68 bits per heavy atom. The van der Waals surface area contributed by atoms with Gasteiger partial charge in [-0.25, -0.2) is 21.6 Å². The van der Waals surface area contributed by atoms with Crippen molar-refractivity contribution >= 4 is 15.7 Å². The maximum Gasteiger partial charge on any atom is 0.273 e. The number of benzene rings is 2. The van der Waals surface area contributed by atoms with E-state index >= 15 is 0 Å². The van der Waals surface area contributed by atoms with Crippen molar-refractivity contribution in [3.05, 3.63) is 95.1 Å². The maximum absolute atomic E-state index is 14.6. The van der Waals surface area contributed by atoms with Crippen LogP contribution in [-0.2, 0) is 9.84 Å². The molecule has 1 aromatic heterocycles. The van der Waals surface area contributed by atoms with Crippen LogP contribution in [0.3, 0.4) is 0 Å². The number of halogens is 3. The Morgan fingerprint density at radius 1 is 1.03 bits per heavy atom. The molecule has 0 fully saturated rings. The summed E-state index contributed by atoms with van der Waals surface area (Å²) < 4.78 is 68.4. The van der Waals surface area contributed by atoms with Gasteiger partial charge in [0, 0.05) is 18.8 Å². The molecule has 0 aliphatic heterocycles. The molecule has 0 bridgehead atoms. The quantitative estimate of drug-likeness (QED) is 0.461. The first kappa shape index (κ1) is 22.4. The van der Waals surface area contributed by atoms with Crippen LogP contribution in [-0.4, -0.2) is 43.1 Å². The van der Waals surface area contributed by atoms with Crippen LogP contribution in [0.4, 0.5) is 13.2 Å². The second kappa shape index (κ2) is 8.86. The highest BCUT2D eigenvalue weighted by Gasteiger charge is 2.34. The molecule has 0 saturated carbocycles. The highest BCUT2D eigenvalue weighted by atomic mass is 32.2. The van der Waals surface area contributed by atoms with Crippen LogP contribution in [0, 0.1) is 17.5 Å². The Hall–Kier alpha value is -3.24. The topological polar surface area (TPSA) is 87.6 Å². The van der Waals surface area contributed by atoms with Crippen LogP contribution in [0.1, 0.15) is 26.9 Å². The molecule has 6 nitrogen and oxygen atoms in total. The van der Waals surface area contributed by atoms with Crippen molar-refractivity contribution in [2.24, 2.45) is 0 Å². The molecule has 3 aromatic rings. The summed E-state index contributed by atoms with van der Waals surface area (Å²) in [7, 11) is -3.03. The molecular formula is C21H17F3N2O4S. The van der Waals surface area contributed by atoms with Crippen molar-refractivity contribution in [1.82, 2.24) is 9.88 Å². The SMILES string of the molecule is CN(CO)C(=O)c1ccc(C(c2cc(F)ccc2F)S(=O)(=O)c2ccc(F)cc2)cn1. The van der Waals surface area contributed by atoms with E-state index in [1.165, 1.54) is 19.2 Å². The van der Waals surface area contributed by atoms with E-state index in [-0.39, 0.29) is 16.2 Å². The molecule has 2 aromatic carbocycles. The van der Waals surface area contributed by atoms with Crippen LogP contribution in [0.2, 0.25) is 0 Å². The molecule has 10 heteroatoms. The van der Waals surface area contributed by atoms with Crippen molar-refractivity contribution in [2.75, 3.05) is 13.8 Å². The summed E-state index contributed by atoms with van der Waals surface area (Å²) in [6.07, 6.45) is 1.06. The van der Waals surface area contributed by atoms with E-state index in [2.05, 4.69) is 4.98 Å². The lowest BCUT2D eigenvalue weighted by Crippen LogP contribution is -2.28. The number of rotatable bonds is 6. The van der Waals surface area contributed by atoms with Gasteiger partial charge in [0.2, 0.25) is 0 Å². The van der Waals surface area contributed by atoms with Crippen LogP contribution in [0.5, 0.6) is 0 Å². The number of nitrogens with zero attached hydrogens (tertiary/aromatic N) is 2. The standard InChI is InChI=1S/C21H17F3N2O4S/c1-26(12-27)21(28)19-9-2-13(11-25-19)20(17-10-15(23)5-8-18(17)24)31(29,30)16-6-3-14(22)4-7-16/h2-11,20,27H,12H2,1H3. The number of aliphatic hydroxyl groups is 1. The zero-order valence-corrected chi connectivity index (χ0v) is 17.0. The third kappa shape index (κ3) is 4.59.